The van der Waals surface area contributed by atoms with Gasteiger partial charge in [-0.1, -0.05) is 19.1 Å². The van der Waals surface area contributed by atoms with Gasteiger partial charge in [-0.25, -0.2) is 0 Å². The van der Waals surface area contributed by atoms with E-state index in [9.17, 15) is 0 Å². The molecular formula is C17H27NO2. The van der Waals surface area contributed by atoms with Gasteiger partial charge in [-0.2, -0.15) is 0 Å². The second-order valence-corrected chi connectivity index (χ2v) is 6.27. The molecule has 1 unspecified atom stereocenters. The maximum absolute atomic E-state index is 5.50. The first-order valence-corrected chi connectivity index (χ1v) is 7.50. The van der Waals surface area contributed by atoms with Gasteiger partial charge in [0.05, 0.1) is 7.11 Å². The van der Waals surface area contributed by atoms with E-state index in [1.807, 2.05) is 0 Å². The molecule has 1 N–H and O–H groups in total. The van der Waals surface area contributed by atoms with Crippen LogP contribution in [0.4, 0.5) is 0 Å². The average Bonchev–Trinajstić information content (AvgIpc) is 2.45. The van der Waals surface area contributed by atoms with Crippen molar-refractivity contribution < 1.29 is 9.47 Å². The van der Waals surface area contributed by atoms with Crippen LogP contribution in [-0.4, -0.2) is 26.9 Å². The number of rotatable bonds is 5. The van der Waals surface area contributed by atoms with Crippen LogP contribution < -0.4 is 10.1 Å². The molecule has 1 saturated heterocycles. The van der Waals surface area contributed by atoms with Crippen LogP contribution in [0, 0.1) is 12.3 Å². The molecule has 3 heteroatoms. The molecule has 0 radical (unpaired) electrons. The van der Waals surface area contributed by atoms with Crippen LogP contribution in [0.25, 0.3) is 0 Å². The lowest BCUT2D eigenvalue weighted by Crippen LogP contribution is -2.37. The van der Waals surface area contributed by atoms with E-state index in [4.69, 9.17) is 9.47 Å². The molecule has 1 aliphatic heterocycles. The Labute approximate surface area is 122 Å². The molecule has 0 amide bonds. The van der Waals surface area contributed by atoms with E-state index in [1.165, 1.54) is 11.1 Å². The lowest BCUT2D eigenvalue weighted by Gasteiger charge is -2.35. The summed E-state index contributed by atoms with van der Waals surface area (Å²) in [5.41, 5.74) is 2.81. The molecule has 112 valence electrons. The molecule has 1 heterocycles. The van der Waals surface area contributed by atoms with Crippen molar-refractivity contribution >= 4 is 0 Å². The highest BCUT2D eigenvalue weighted by Gasteiger charge is 2.27. The van der Waals surface area contributed by atoms with E-state index in [-0.39, 0.29) is 0 Å². The molecule has 2 rings (SSSR count). The third-order valence-corrected chi connectivity index (χ3v) is 4.39. The van der Waals surface area contributed by atoms with E-state index >= 15 is 0 Å². The van der Waals surface area contributed by atoms with E-state index in [0.717, 1.165) is 38.3 Å². The van der Waals surface area contributed by atoms with Crippen molar-refractivity contribution in [3.8, 4) is 5.75 Å². The Bertz CT molecular complexity index is 439. The smallest absolute Gasteiger partial charge is 0.123 e. The minimum absolute atomic E-state index is 0.296. The molecular weight excluding hydrogens is 250 g/mol. The number of methoxy groups -OCH3 is 1. The first kappa shape index (κ1) is 15.3. The Morgan fingerprint density at radius 2 is 2.05 bits per heavy atom. The maximum atomic E-state index is 5.50. The molecule has 0 aliphatic carbocycles. The predicted octanol–water partition coefficient (Wildman–Crippen LogP) is 3.47. The SMILES string of the molecule is COc1cc(C)ccc1C(C)NCC1(C)CCOCC1. The number of nitrogens with one attached hydrogen (secondary N) is 1. The maximum Gasteiger partial charge on any atom is 0.123 e. The van der Waals surface area contributed by atoms with Crippen molar-refractivity contribution in [2.75, 3.05) is 26.9 Å². The molecule has 0 bridgehead atoms. The fourth-order valence-corrected chi connectivity index (χ4v) is 2.73. The molecule has 0 aromatic heterocycles. The molecule has 1 atom stereocenters. The van der Waals surface area contributed by atoms with E-state index < -0.39 is 0 Å². The third kappa shape index (κ3) is 3.74. The Morgan fingerprint density at radius 3 is 2.70 bits per heavy atom. The zero-order valence-electron chi connectivity index (χ0n) is 13.2. The van der Waals surface area contributed by atoms with Gasteiger partial charge in [0, 0.05) is 31.4 Å². The fraction of sp³-hybridized carbons (Fsp3) is 0.647. The summed E-state index contributed by atoms with van der Waals surface area (Å²) in [7, 11) is 1.74. The summed E-state index contributed by atoms with van der Waals surface area (Å²) in [5, 5.41) is 3.67. The molecule has 3 nitrogen and oxygen atoms in total. The van der Waals surface area contributed by atoms with Gasteiger partial charge in [0.25, 0.3) is 0 Å². The number of hydrogen-bond donors (Lipinski definition) is 1. The minimum atomic E-state index is 0.296. The van der Waals surface area contributed by atoms with E-state index in [1.54, 1.807) is 7.11 Å². The van der Waals surface area contributed by atoms with Gasteiger partial charge in [0.15, 0.2) is 0 Å². The third-order valence-electron chi connectivity index (χ3n) is 4.39. The van der Waals surface area contributed by atoms with Crippen LogP contribution >= 0.6 is 0 Å². The van der Waals surface area contributed by atoms with Crippen molar-refractivity contribution in [2.45, 2.75) is 39.7 Å². The van der Waals surface area contributed by atoms with Crippen LogP contribution in [-0.2, 0) is 4.74 Å². The topological polar surface area (TPSA) is 30.5 Å². The van der Waals surface area contributed by atoms with Gasteiger partial charge in [-0.05, 0) is 43.7 Å². The lowest BCUT2D eigenvalue weighted by molar-refractivity contribution is 0.0230. The summed E-state index contributed by atoms with van der Waals surface area (Å²) in [5.74, 6) is 0.974. The Kier molecular flexibility index (Phi) is 5.06. The zero-order valence-corrected chi connectivity index (χ0v) is 13.2. The Morgan fingerprint density at radius 1 is 1.35 bits per heavy atom. The van der Waals surface area contributed by atoms with E-state index in [0.29, 0.717) is 11.5 Å². The highest BCUT2D eigenvalue weighted by molar-refractivity contribution is 5.39. The van der Waals surface area contributed by atoms with Crippen LogP contribution in [0.5, 0.6) is 5.75 Å². The summed E-state index contributed by atoms with van der Waals surface area (Å²) in [6.45, 7) is 9.44. The lowest BCUT2D eigenvalue weighted by atomic mass is 9.82. The first-order chi connectivity index (χ1) is 9.54. The molecule has 1 aliphatic rings. The van der Waals surface area contributed by atoms with Crippen molar-refractivity contribution in [1.82, 2.24) is 5.32 Å². The van der Waals surface area contributed by atoms with Crippen LogP contribution in [0.15, 0.2) is 18.2 Å². The van der Waals surface area contributed by atoms with Gasteiger partial charge in [-0.3, -0.25) is 0 Å². The van der Waals surface area contributed by atoms with E-state index in [2.05, 4.69) is 44.3 Å². The van der Waals surface area contributed by atoms with Crippen molar-refractivity contribution in [3.63, 3.8) is 0 Å². The molecule has 20 heavy (non-hydrogen) atoms. The van der Waals surface area contributed by atoms with Crippen LogP contribution in [0.1, 0.15) is 43.9 Å². The molecule has 1 fully saturated rings. The predicted molar refractivity (Wildman–Crippen MR) is 82.3 cm³/mol. The van der Waals surface area contributed by atoms with Gasteiger partial charge >= 0.3 is 0 Å². The highest BCUT2D eigenvalue weighted by atomic mass is 16.5. The van der Waals surface area contributed by atoms with Crippen molar-refractivity contribution in [3.05, 3.63) is 29.3 Å². The quantitative estimate of drug-likeness (QED) is 0.894. The molecule has 1 aromatic rings. The van der Waals surface area contributed by atoms with Crippen molar-refractivity contribution in [2.24, 2.45) is 5.41 Å². The van der Waals surface area contributed by atoms with Crippen molar-refractivity contribution in [1.29, 1.82) is 0 Å². The zero-order chi connectivity index (χ0) is 14.6. The second kappa shape index (κ2) is 6.59. The number of aryl methyl sites for hydroxylation is 1. The summed E-state index contributed by atoms with van der Waals surface area (Å²) in [4.78, 5) is 0. The fourth-order valence-electron chi connectivity index (χ4n) is 2.73. The second-order valence-electron chi connectivity index (χ2n) is 6.27. The first-order valence-electron chi connectivity index (χ1n) is 7.50. The molecule has 0 saturated carbocycles. The van der Waals surface area contributed by atoms with Gasteiger partial charge in [-0.15, -0.1) is 0 Å². The van der Waals surface area contributed by atoms with Crippen LogP contribution in [0.3, 0.4) is 0 Å². The molecule has 1 aromatic carbocycles. The summed E-state index contributed by atoms with van der Waals surface area (Å²) in [6, 6.07) is 6.71. The largest absolute Gasteiger partial charge is 0.496 e. The highest BCUT2D eigenvalue weighted by Crippen LogP contribution is 2.31. The standard InChI is InChI=1S/C17H27NO2/c1-13-5-6-15(16(11-13)19-4)14(2)18-12-17(3)7-9-20-10-8-17/h5-6,11,14,18H,7-10,12H2,1-4H3. The summed E-state index contributed by atoms with van der Waals surface area (Å²) in [6.07, 6.45) is 2.27. The normalized spacial score (nSPS) is 19.6. The minimum Gasteiger partial charge on any atom is -0.496 e. The molecule has 0 spiro atoms. The number of benzene rings is 1. The number of hydrogen-bond acceptors (Lipinski definition) is 3. The summed E-state index contributed by atoms with van der Waals surface area (Å²) >= 11 is 0. The van der Waals surface area contributed by atoms with Crippen LogP contribution in [0.2, 0.25) is 0 Å². The van der Waals surface area contributed by atoms with Gasteiger partial charge in [0.1, 0.15) is 5.75 Å². The summed E-state index contributed by atoms with van der Waals surface area (Å²) < 4.78 is 11.0. The van der Waals surface area contributed by atoms with Gasteiger partial charge in [0.2, 0.25) is 0 Å². The number of ether oxygens (including phenoxy) is 2. The monoisotopic (exact) mass is 277 g/mol. The van der Waals surface area contributed by atoms with Gasteiger partial charge < -0.3 is 14.8 Å². The average molecular weight is 277 g/mol. The Hall–Kier alpha value is -1.06. The Balaban J connectivity index is 1.99.